The van der Waals surface area contributed by atoms with E-state index in [1.807, 2.05) is 0 Å². The molecule has 0 radical (unpaired) electrons. The van der Waals surface area contributed by atoms with Crippen LogP contribution in [0.3, 0.4) is 0 Å². The molecule has 1 saturated carbocycles. The molecule has 1 aliphatic heterocycles. The van der Waals surface area contributed by atoms with Crippen molar-refractivity contribution in [1.29, 1.82) is 0 Å². The molecule has 3 rings (SSSR count). The van der Waals surface area contributed by atoms with E-state index in [0.29, 0.717) is 24.7 Å². The van der Waals surface area contributed by atoms with Gasteiger partial charge in [-0.05, 0) is 25.3 Å². The maximum atomic E-state index is 12.5. The zero-order valence-electron chi connectivity index (χ0n) is 12.6. The molecule has 2 fully saturated rings. The highest BCUT2D eigenvalue weighted by atomic mass is 16.6. The highest BCUT2D eigenvalue weighted by Crippen LogP contribution is 2.30. The Hall–Kier alpha value is -1.95. The molecule has 2 aliphatic rings. The lowest BCUT2D eigenvalue weighted by Crippen LogP contribution is -2.46. The van der Waals surface area contributed by atoms with Crippen molar-refractivity contribution in [3.63, 3.8) is 0 Å². The van der Waals surface area contributed by atoms with Crippen molar-refractivity contribution in [2.75, 3.05) is 24.5 Å². The highest BCUT2D eigenvalue weighted by molar-refractivity contribution is 5.95. The van der Waals surface area contributed by atoms with Crippen molar-refractivity contribution >= 4 is 17.3 Å². The van der Waals surface area contributed by atoms with Crippen molar-refractivity contribution in [2.45, 2.75) is 38.1 Å². The topological polar surface area (TPSA) is 66.7 Å². The van der Waals surface area contributed by atoms with Crippen molar-refractivity contribution in [1.82, 2.24) is 4.90 Å². The van der Waals surface area contributed by atoms with Gasteiger partial charge < -0.3 is 4.90 Å². The van der Waals surface area contributed by atoms with E-state index in [0.717, 1.165) is 19.5 Å². The van der Waals surface area contributed by atoms with E-state index in [4.69, 9.17) is 0 Å². The third-order valence-electron chi connectivity index (χ3n) is 4.70. The number of nitro benzene ring substituents is 1. The first kappa shape index (κ1) is 15.0. The van der Waals surface area contributed by atoms with Crippen LogP contribution in [0.2, 0.25) is 0 Å². The lowest BCUT2D eigenvalue weighted by molar-refractivity contribution is -0.384. The second kappa shape index (κ2) is 6.44. The number of anilines is 1. The molecule has 22 heavy (non-hydrogen) atoms. The summed E-state index contributed by atoms with van der Waals surface area (Å²) in [4.78, 5) is 27.3. The minimum Gasteiger partial charge on any atom is -0.306 e. The summed E-state index contributed by atoms with van der Waals surface area (Å²) in [5, 5.41) is 11.2. The molecule has 6 nitrogen and oxygen atoms in total. The van der Waals surface area contributed by atoms with Gasteiger partial charge in [0.05, 0.1) is 4.92 Å². The van der Waals surface area contributed by atoms with Crippen LogP contribution < -0.4 is 4.90 Å². The maximum Gasteiger partial charge on any atom is 0.292 e. The monoisotopic (exact) mass is 303 g/mol. The van der Waals surface area contributed by atoms with Crippen molar-refractivity contribution in [3.05, 3.63) is 34.4 Å². The average molecular weight is 303 g/mol. The van der Waals surface area contributed by atoms with Crippen molar-refractivity contribution in [2.24, 2.45) is 0 Å². The van der Waals surface area contributed by atoms with Gasteiger partial charge in [0.25, 0.3) is 5.69 Å². The molecule has 1 aromatic rings. The Morgan fingerprint density at radius 1 is 1.09 bits per heavy atom. The fourth-order valence-electron chi connectivity index (χ4n) is 3.26. The Bertz CT molecular complexity index is 572. The second-order valence-corrected chi connectivity index (χ2v) is 6.02. The second-order valence-electron chi connectivity index (χ2n) is 6.02. The number of nitrogens with zero attached hydrogens (tertiary/aromatic N) is 3. The molecular weight excluding hydrogens is 282 g/mol. The molecule has 0 unspecified atom stereocenters. The summed E-state index contributed by atoms with van der Waals surface area (Å²) in [7, 11) is 0. The summed E-state index contributed by atoms with van der Waals surface area (Å²) in [6.07, 6.45) is 5.05. The molecule has 0 bridgehead atoms. The Balaban J connectivity index is 1.75. The van der Waals surface area contributed by atoms with Crippen LogP contribution >= 0.6 is 0 Å². The molecule has 6 heteroatoms. The van der Waals surface area contributed by atoms with E-state index in [1.165, 1.54) is 25.3 Å². The number of benzene rings is 1. The normalized spacial score (nSPS) is 21.1. The molecule has 1 aromatic carbocycles. The van der Waals surface area contributed by atoms with Crippen LogP contribution in [-0.2, 0) is 4.79 Å². The van der Waals surface area contributed by atoms with E-state index in [9.17, 15) is 14.9 Å². The van der Waals surface area contributed by atoms with Crippen LogP contribution in [0.5, 0.6) is 0 Å². The predicted octanol–water partition coefficient (Wildman–Crippen LogP) is 2.58. The van der Waals surface area contributed by atoms with Gasteiger partial charge in [-0.15, -0.1) is 0 Å². The highest BCUT2D eigenvalue weighted by Gasteiger charge is 2.29. The van der Waals surface area contributed by atoms with Gasteiger partial charge in [-0.3, -0.25) is 19.8 Å². The van der Waals surface area contributed by atoms with Crippen LogP contribution in [0.25, 0.3) is 0 Å². The minimum atomic E-state index is -0.415. The standard InChI is InChI=1S/C16H21N3O3/c20-16-9-12-17(13-5-3-6-13)10-4-11-18(16)14-7-1-2-8-15(14)19(21)22/h1-2,7-8,13H,3-6,9-12H2. The number of carbonyl (C=O) groups excluding carboxylic acids is 1. The van der Waals surface area contributed by atoms with Gasteiger partial charge in [0.15, 0.2) is 0 Å². The van der Waals surface area contributed by atoms with Crippen LogP contribution in [-0.4, -0.2) is 41.4 Å². The molecule has 1 aliphatic carbocycles. The summed E-state index contributed by atoms with van der Waals surface area (Å²) in [5.74, 6) is -0.0154. The van der Waals surface area contributed by atoms with E-state index < -0.39 is 4.92 Å². The van der Waals surface area contributed by atoms with Crippen molar-refractivity contribution < 1.29 is 9.72 Å². The van der Waals surface area contributed by atoms with E-state index >= 15 is 0 Å². The van der Waals surface area contributed by atoms with E-state index in [-0.39, 0.29) is 11.6 Å². The SMILES string of the molecule is O=C1CCN(C2CCC2)CCCN1c1ccccc1[N+](=O)[O-]. The van der Waals surface area contributed by atoms with E-state index in [1.54, 1.807) is 23.1 Å². The maximum absolute atomic E-state index is 12.5. The summed E-state index contributed by atoms with van der Waals surface area (Å²) in [5.41, 5.74) is 0.432. The lowest BCUT2D eigenvalue weighted by atomic mass is 9.91. The average Bonchev–Trinajstić information content (AvgIpc) is 2.44. The van der Waals surface area contributed by atoms with Gasteiger partial charge in [0.2, 0.25) is 5.91 Å². The molecular formula is C16H21N3O3. The number of para-hydroxylation sites is 2. The summed E-state index contributed by atoms with van der Waals surface area (Å²) in [6.45, 7) is 2.28. The first-order valence-corrected chi connectivity index (χ1v) is 7.94. The summed E-state index contributed by atoms with van der Waals surface area (Å²) in [6, 6.07) is 7.15. The largest absolute Gasteiger partial charge is 0.306 e. The first-order chi connectivity index (χ1) is 10.7. The Morgan fingerprint density at radius 3 is 2.55 bits per heavy atom. The number of hydrogen-bond acceptors (Lipinski definition) is 4. The summed E-state index contributed by atoms with van der Waals surface area (Å²) >= 11 is 0. The van der Waals surface area contributed by atoms with Gasteiger partial charge in [-0.2, -0.15) is 0 Å². The third kappa shape index (κ3) is 2.97. The van der Waals surface area contributed by atoms with Crippen LogP contribution in [0.15, 0.2) is 24.3 Å². The molecule has 118 valence electrons. The van der Waals surface area contributed by atoms with Crippen LogP contribution in [0.1, 0.15) is 32.1 Å². The Kier molecular flexibility index (Phi) is 4.38. The molecule has 1 amide bonds. The van der Waals surface area contributed by atoms with Gasteiger partial charge in [0, 0.05) is 38.2 Å². The van der Waals surface area contributed by atoms with Gasteiger partial charge in [0.1, 0.15) is 5.69 Å². The fraction of sp³-hybridized carbons (Fsp3) is 0.562. The zero-order chi connectivity index (χ0) is 15.5. The number of hydrogen-bond donors (Lipinski definition) is 0. The Labute approximate surface area is 129 Å². The molecule has 0 atom stereocenters. The van der Waals surface area contributed by atoms with E-state index in [2.05, 4.69) is 4.90 Å². The summed E-state index contributed by atoms with van der Waals surface area (Å²) < 4.78 is 0. The molecule has 0 spiro atoms. The van der Waals surface area contributed by atoms with Gasteiger partial charge in [-0.25, -0.2) is 0 Å². The van der Waals surface area contributed by atoms with Crippen LogP contribution in [0.4, 0.5) is 11.4 Å². The predicted molar refractivity (Wildman–Crippen MR) is 83.9 cm³/mol. The number of carbonyl (C=O) groups is 1. The molecule has 1 heterocycles. The van der Waals surface area contributed by atoms with Gasteiger partial charge in [-0.1, -0.05) is 18.6 Å². The first-order valence-electron chi connectivity index (χ1n) is 7.94. The van der Waals surface area contributed by atoms with Gasteiger partial charge >= 0.3 is 0 Å². The van der Waals surface area contributed by atoms with Crippen molar-refractivity contribution in [3.8, 4) is 0 Å². The molecule has 0 N–H and O–H groups in total. The quantitative estimate of drug-likeness (QED) is 0.636. The smallest absolute Gasteiger partial charge is 0.292 e. The van der Waals surface area contributed by atoms with Crippen LogP contribution in [0, 0.1) is 10.1 Å². The number of rotatable bonds is 3. The lowest BCUT2D eigenvalue weighted by Gasteiger charge is -2.39. The Morgan fingerprint density at radius 2 is 1.86 bits per heavy atom. The minimum absolute atomic E-state index is 0.00673. The molecule has 1 saturated heterocycles. The fourth-order valence-corrected chi connectivity index (χ4v) is 3.26. The number of amides is 1. The number of nitro groups is 1. The third-order valence-corrected chi connectivity index (χ3v) is 4.70. The molecule has 0 aromatic heterocycles. The zero-order valence-corrected chi connectivity index (χ0v) is 12.6.